The molecular weight excluding hydrogens is 288 g/mol. The minimum Gasteiger partial charge on any atom is -0.394 e. The third-order valence-corrected chi connectivity index (χ3v) is 2.88. The maximum absolute atomic E-state index is 13.7. The van der Waals surface area contributed by atoms with Gasteiger partial charge in [0.15, 0.2) is 6.23 Å². The van der Waals surface area contributed by atoms with Gasteiger partial charge in [-0.25, -0.2) is 9.18 Å². The number of nitrogens with zero attached hydrogens (tertiary/aromatic N) is 1. The number of hydrogen-bond acceptors (Lipinski definition) is 4. The Morgan fingerprint density at radius 1 is 1.45 bits per heavy atom. The van der Waals surface area contributed by atoms with Gasteiger partial charge >= 0.3 is 11.9 Å². The normalized spacial score (nSPS) is 26.9. The Bertz CT molecular complexity index is 609. The van der Waals surface area contributed by atoms with Gasteiger partial charge in [-0.05, 0) is 0 Å². The minimum absolute atomic E-state index is 0.220. The molecule has 3 atom stereocenters. The molecule has 6 nitrogen and oxygen atoms in total. The zero-order chi connectivity index (χ0) is 15.1. The Balaban J connectivity index is 2.48. The summed E-state index contributed by atoms with van der Waals surface area (Å²) in [5.74, 6) is 0. The maximum Gasteiger partial charge on any atom is 0.423 e. The van der Waals surface area contributed by atoms with Gasteiger partial charge in [0.05, 0.1) is 12.7 Å². The average Bonchev–Trinajstić information content (AvgIpc) is 2.69. The molecule has 2 heterocycles. The summed E-state index contributed by atoms with van der Waals surface area (Å²) in [4.78, 5) is 24.0. The van der Waals surface area contributed by atoms with Crippen LogP contribution in [0.25, 0.3) is 0 Å². The van der Waals surface area contributed by atoms with Crippen LogP contribution in [0.3, 0.4) is 0 Å². The predicted molar refractivity (Wildman–Crippen MR) is 56.8 cm³/mol. The first kappa shape index (κ1) is 14.7. The summed E-state index contributed by atoms with van der Waals surface area (Å²) in [5.41, 5.74) is -4.44. The van der Waals surface area contributed by atoms with Gasteiger partial charge in [0.2, 0.25) is 0 Å². The van der Waals surface area contributed by atoms with E-state index in [4.69, 9.17) is 9.84 Å². The highest BCUT2D eigenvalue weighted by atomic mass is 19.4. The average molecular weight is 298 g/mol. The van der Waals surface area contributed by atoms with Crippen LogP contribution < -0.4 is 11.2 Å². The molecule has 1 aliphatic heterocycles. The lowest BCUT2D eigenvalue weighted by Crippen LogP contribution is -2.38. The van der Waals surface area contributed by atoms with E-state index in [1.165, 1.54) is 4.98 Å². The van der Waals surface area contributed by atoms with Crippen molar-refractivity contribution < 1.29 is 27.4 Å². The van der Waals surface area contributed by atoms with Gasteiger partial charge in [-0.1, -0.05) is 0 Å². The molecule has 0 unspecified atom stereocenters. The summed E-state index contributed by atoms with van der Waals surface area (Å²) < 4.78 is 56.7. The molecule has 0 aliphatic carbocycles. The summed E-state index contributed by atoms with van der Waals surface area (Å²) >= 11 is 0. The van der Waals surface area contributed by atoms with Crippen molar-refractivity contribution in [3.8, 4) is 0 Å². The van der Waals surface area contributed by atoms with Gasteiger partial charge < -0.3 is 9.84 Å². The molecule has 1 aliphatic rings. The molecule has 1 saturated heterocycles. The van der Waals surface area contributed by atoms with Crippen molar-refractivity contribution in [1.82, 2.24) is 9.55 Å². The minimum atomic E-state index is -4.98. The Morgan fingerprint density at radius 2 is 2.10 bits per heavy atom. The number of aromatic amines is 1. The summed E-state index contributed by atoms with van der Waals surface area (Å²) in [6, 6.07) is 0. The van der Waals surface area contributed by atoms with E-state index in [0.717, 1.165) is 0 Å². The number of rotatable bonds is 2. The van der Waals surface area contributed by atoms with E-state index in [0.29, 0.717) is 4.57 Å². The Kier molecular flexibility index (Phi) is 3.69. The Morgan fingerprint density at radius 3 is 2.60 bits per heavy atom. The fraction of sp³-hybridized carbons (Fsp3) is 0.600. The van der Waals surface area contributed by atoms with Crippen LogP contribution in [0.4, 0.5) is 17.6 Å². The van der Waals surface area contributed by atoms with Gasteiger partial charge in [0.1, 0.15) is 11.7 Å². The van der Waals surface area contributed by atoms with E-state index in [1.54, 1.807) is 0 Å². The van der Waals surface area contributed by atoms with E-state index in [1.807, 2.05) is 0 Å². The predicted octanol–water partition coefficient (Wildman–Crippen LogP) is 0.173. The molecule has 0 saturated carbocycles. The summed E-state index contributed by atoms with van der Waals surface area (Å²) in [7, 11) is 0. The molecule has 1 aromatic rings. The third-order valence-electron chi connectivity index (χ3n) is 2.88. The molecule has 2 N–H and O–H groups in total. The number of aliphatic hydroxyl groups excluding tert-OH is 1. The maximum atomic E-state index is 13.7. The molecule has 2 rings (SSSR count). The number of H-pyrrole nitrogens is 1. The lowest BCUT2D eigenvalue weighted by Gasteiger charge is -2.17. The van der Waals surface area contributed by atoms with Crippen LogP contribution in [0.15, 0.2) is 15.8 Å². The van der Waals surface area contributed by atoms with Crippen molar-refractivity contribution in [1.29, 1.82) is 0 Å². The van der Waals surface area contributed by atoms with E-state index in [9.17, 15) is 27.2 Å². The second kappa shape index (κ2) is 5.02. The zero-order valence-corrected chi connectivity index (χ0v) is 9.85. The number of aliphatic hydroxyl groups is 1. The molecule has 112 valence electrons. The highest BCUT2D eigenvalue weighted by Crippen LogP contribution is 2.31. The molecule has 0 radical (unpaired) electrons. The second-order valence-electron chi connectivity index (χ2n) is 4.29. The Hall–Kier alpha value is -1.68. The zero-order valence-electron chi connectivity index (χ0n) is 9.85. The second-order valence-corrected chi connectivity index (χ2v) is 4.29. The van der Waals surface area contributed by atoms with Crippen molar-refractivity contribution in [3.05, 3.63) is 32.6 Å². The van der Waals surface area contributed by atoms with Crippen LogP contribution in [-0.4, -0.2) is 33.5 Å². The van der Waals surface area contributed by atoms with E-state index in [2.05, 4.69) is 0 Å². The van der Waals surface area contributed by atoms with E-state index < -0.39 is 48.1 Å². The van der Waals surface area contributed by atoms with Gasteiger partial charge in [0.25, 0.3) is 5.56 Å². The topological polar surface area (TPSA) is 84.3 Å². The molecule has 10 heteroatoms. The molecular formula is C10H10F4N2O4. The largest absolute Gasteiger partial charge is 0.423 e. The fourth-order valence-electron chi connectivity index (χ4n) is 1.94. The van der Waals surface area contributed by atoms with Crippen LogP contribution in [0.1, 0.15) is 18.2 Å². The van der Waals surface area contributed by atoms with Crippen molar-refractivity contribution in [2.45, 2.75) is 31.1 Å². The smallest absolute Gasteiger partial charge is 0.394 e. The standard InChI is InChI=1S/C10H10F4N2O4/c11-6-1-4(3-17)20-8(6)16-2-5(10(12,13)14)7(18)15-9(16)19/h2,4,6,8,17H,1,3H2,(H,15,18,19)/t4-,6+,8+/m0/s1. The van der Waals surface area contributed by atoms with Crippen molar-refractivity contribution in [2.75, 3.05) is 6.61 Å². The first-order valence-corrected chi connectivity index (χ1v) is 5.57. The molecule has 1 aromatic heterocycles. The van der Waals surface area contributed by atoms with Crippen LogP contribution >= 0.6 is 0 Å². The number of alkyl halides is 4. The van der Waals surface area contributed by atoms with Gasteiger partial charge in [-0.3, -0.25) is 14.3 Å². The lowest BCUT2D eigenvalue weighted by molar-refractivity contribution is -0.139. The van der Waals surface area contributed by atoms with Crippen molar-refractivity contribution in [2.24, 2.45) is 0 Å². The van der Waals surface area contributed by atoms with Crippen molar-refractivity contribution >= 4 is 0 Å². The number of nitrogens with one attached hydrogen (secondary N) is 1. The summed E-state index contributed by atoms with van der Waals surface area (Å²) in [5, 5.41) is 8.83. The highest BCUT2D eigenvalue weighted by Gasteiger charge is 2.40. The number of hydrogen-bond donors (Lipinski definition) is 2. The molecule has 1 fully saturated rings. The first-order valence-electron chi connectivity index (χ1n) is 5.57. The number of aromatic nitrogens is 2. The number of ether oxygens (including phenoxy) is 1. The van der Waals surface area contributed by atoms with Crippen LogP contribution in [0.5, 0.6) is 0 Å². The van der Waals surface area contributed by atoms with Gasteiger partial charge in [-0.15, -0.1) is 0 Å². The first-order chi connectivity index (χ1) is 9.24. The van der Waals surface area contributed by atoms with E-state index >= 15 is 0 Å². The van der Waals surface area contributed by atoms with Gasteiger partial charge in [0, 0.05) is 12.6 Å². The van der Waals surface area contributed by atoms with Crippen LogP contribution in [-0.2, 0) is 10.9 Å². The quantitative estimate of drug-likeness (QED) is 0.763. The van der Waals surface area contributed by atoms with Crippen LogP contribution in [0.2, 0.25) is 0 Å². The lowest BCUT2D eigenvalue weighted by atomic mass is 10.2. The summed E-state index contributed by atoms with van der Waals surface area (Å²) in [6.07, 6.45) is -9.31. The van der Waals surface area contributed by atoms with E-state index in [-0.39, 0.29) is 12.6 Å². The van der Waals surface area contributed by atoms with Gasteiger partial charge in [-0.2, -0.15) is 13.2 Å². The molecule has 0 aromatic carbocycles. The Labute approximate surface area is 108 Å². The number of halogens is 4. The third kappa shape index (κ3) is 2.61. The summed E-state index contributed by atoms with van der Waals surface area (Å²) in [6.45, 7) is -0.527. The highest BCUT2D eigenvalue weighted by molar-refractivity contribution is 5.09. The molecule has 0 spiro atoms. The molecule has 20 heavy (non-hydrogen) atoms. The van der Waals surface area contributed by atoms with Crippen LogP contribution in [0, 0.1) is 0 Å². The SMILES string of the molecule is O=c1[nH]c(=O)n([C@@H]2O[C@H](CO)C[C@H]2F)cc1C(F)(F)F. The molecule has 0 bridgehead atoms. The van der Waals surface area contributed by atoms with Crippen molar-refractivity contribution in [3.63, 3.8) is 0 Å². The molecule has 0 amide bonds. The monoisotopic (exact) mass is 298 g/mol. The fourth-order valence-corrected chi connectivity index (χ4v) is 1.94.